The Morgan fingerprint density at radius 3 is 2.50 bits per heavy atom. The van der Waals surface area contributed by atoms with Crippen molar-refractivity contribution in [3.05, 3.63) is 97.0 Å². The molecule has 190 valence electrons. The molecule has 1 aliphatic rings. The van der Waals surface area contributed by atoms with Gasteiger partial charge in [-0.15, -0.1) is 0 Å². The summed E-state index contributed by atoms with van der Waals surface area (Å²) in [6.45, 7) is 4.68. The molecule has 5 aromatic rings. The maximum Gasteiger partial charge on any atom is 0.230 e. The Hall–Kier alpha value is -4.63. The Morgan fingerprint density at radius 2 is 1.74 bits per heavy atom. The van der Waals surface area contributed by atoms with Crippen LogP contribution in [0, 0.1) is 0 Å². The van der Waals surface area contributed by atoms with E-state index in [1.54, 1.807) is 12.5 Å². The lowest BCUT2D eigenvalue weighted by atomic mass is 10.0. The van der Waals surface area contributed by atoms with E-state index in [4.69, 9.17) is 4.98 Å². The maximum atomic E-state index is 12.3. The first-order valence-electron chi connectivity index (χ1n) is 12.7. The van der Waals surface area contributed by atoms with E-state index in [-0.39, 0.29) is 12.3 Å². The van der Waals surface area contributed by atoms with Crippen molar-refractivity contribution in [1.29, 1.82) is 0 Å². The quantitative estimate of drug-likeness (QED) is 0.346. The van der Waals surface area contributed by atoms with Crippen LogP contribution in [0.4, 0.5) is 11.5 Å². The van der Waals surface area contributed by atoms with Gasteiger partial charge in [0.2, 0.25) is 5.91 Å². The Morgan fingerprint density at radius 1 is 0.895 bits per heavy atom. The summed E-state index contributed by atoms with van der Waals surface area (Å²) in [5.41, 5.74) is 6.62. The predicted molar refractivity (Wildman–Crippen MR) is 148 cm³/mol. The average Bonchev–Trinajstić information content (AvgIpc) is 3.47. The average molecular weight is 505 g/mol. The summed E-state index contributed by atoms with van der Waals surface area (Å²) in [7, 11) is 0. The molecule has 4 heterocycles. The Balaban J connectivity index is 1.11. The van der Waals surface area contributed by atoms with Crippen LogP contribution in [-0.4, -0.2) is 61.9 Å². The van der Waals surface area contributed by atoms with Gasteiger partial charge in [0.1, 0.15) is 5.82 Å². The second-order valence-electron chi connectivity index (χ2n) is 9.44. The fourth-order valence-corrected chi connectivity index (χ4v) is 4.72. The fraction of sp³-hybridized carbons (Fsp3) is 0.207. The summed E-state index contributed by atoms with van der Waals surface area (Å²) in [4.78, 5) is 37.8. The number of aromatic amines is 1. The number of pyridine rings is 1. The van der Waals surface area contributed by atoms with E-state index >= 15 is 0 Å². The molecule has 0 aliphatic carbocycles. The minimum atomic E-state index is -0.0894. The van der Waals surface area contributed by atoms with Crippen molar-refractivity contribution in [3.63, 3.8) is 0 Å². The molecule has 1 saturated heterocycles. The highest BCUT2D eigenvalue weighted by atomic mass is 16.1. The third kappa shape index (κ3) is 5.52. The summed E-state index contributed by atoms with van der Waals surface area (Å²) in [5.74, 6) is 0.819. The number of piperazine rings is 1. The number of aromatic nitrogens is 5. The molecule has 1 fully saturated rings. The van der Waals surface area contributed by atoms with Crippen molar-refractivity contribution in [2.75, 3.05) is 36.4 Å². The third-order valence-electron chi connectivity index (χ3n) is 6.76. The lowest BCUT2D eigenvalue weighted by molar-refractivity contribution is -0.115. The van der Waals surface area contributed by atoms with Crippen LogP contribution in [0.2, 0.25) is 0 Å². The zero-order valence-corrected chi connectivity index (χ0v) is 20.9. The number of benzene rings is 2. The highest BCUT2D eigenvalue weighted by Gasteiger charge is 2.19. The molecular formula is C29H28N8O. The number of anilines is 2. The molecule has 3 aromatic heterocycles. The lowest BCUT2D eigenvalue weighted by Crippen LogP contribution is -2.46. The van der Waals surface area contributed by atoms with Gasteiger partial charge in [0, 0.05) is 62.7 Å². The first-order chi connectivity index (χ1) is 18.7. The topological polar surface area (TPSA) is 103 Å². The molecule has 0 saturated carbocycles. The molecule has 2 N–H and O–H groups in total. The number of nitrogens with zero attached hydrogens (tertiary/aromatic N) is 6. The SMILES string of the molecule is O=C(Cc1cnc[nH]1)Nc1ccc(-c2ccc3ncc(N4CCN(Cc5cccnc5)CC4)nc3c2)cc1. The highest BCUT2D eigenvalue weighted by Crippen LogP contribution is 2.26. The van der Waals surface area contributed by atoms with Crippen LogP contribution in [0.15, 0.2) is 85.7 Å². The van der Waals surface area contributed by atoms with Crippen LogP contribution >= 0.6 is 0 Å². The summed E-state index contributed by atoms with van der Waals surface area (Å²) >= 11 is 0. The molecule has 9 heteroatoms. The van der Waals surface area contributed by atoms with E-state index in [9.17, 15) is 4.79 Å². The summed E-state index contributed by atoms with van der Waals surface area (Å²) in [6, 6.07) is 18.1. The van der Waals surface area contributed by atoms with Crippen LogP contribution in [0.3, 0.4) is 0 Å². The second-order valence-corrected chi connectivity index (χ2v) is 9.44. The lowest BCUT2D eigenvalue weighted by Gasteiger charge is -2.35. The van der Waals surface area contributed by atoms with Crippen molar-refractivity contribution in [1.82, 2.24) is 29.8 Å². The highest BCUT2D eigenvalue weighted by molar-refractivity contribution is 5.92. The zero-order chi connectivity index (χ0) is 25.7. The van der Waals surface area contributed by atoms with Crippen molar-refractivity contribution in [3.8, 4) is 11.1 Å². The van der Waals surface area contributed by atoms with E-state index in [0.29, 0.717) is 0 Å². The molecule has 38 heavy (non-hydrogen) atoms. The Labute approximate surface area is 220 Å². The molecule has 1 aliphatic heterocycles. The minimum absolute atomic E-state index is 0.0894. The number of amides is 1. The van der Waals surface area contributed by atoms with Gasteiger partial charge in [0.05, 0.1) is 30.0 Å². The Bertz CT molecular complexity index is 1510. The van der Waals surface area contributed by atoms with E-state index in [1.165, 1.54) is 5.56 Å². The van der Waals surface area contributed by atoms with E-state index in [2.05, 4.69) is 53.3 Å². The number of hydrogen-bond acceptors (Lipinski definition) is 7. The van der Waals surface area contributed by atoms with Crippen molar-refractivity contribution >= 4 is 28.4 Å². The number of carbonyl (C=O) groups is 1. The van der Waals surface area contributed by atoms with Crippen molar-refractivity contribution in [2.24, 2.45) is 0 Å². The first kappa shape index (κ1) is 23.7. The molecule has 2 aromatic carbocycles. The Kier molecular flexibility index (Phi) is 6.73. The van der Waals surface area contributed by atoms with Gasteiger partial charge in [-0.05, 0) is 47.0 Å². The number of fused-ring (bicyclic) bond motifs is 1. The van der Waals surface area contributed by atoms with Crippen LogP contribution < -0.4 is 10.2 Å². The maximum absolute atomic E-state index is 12.3. The standard InChI is InChI=1S/C29H28N8O/c38-29(15-25-17-31-20-33-25)34-24-6-3-22(4-7-24)23-5-8-26-27(14-23)35-28(18-32-26)37-12-10-36(11-13-37)19-21-2-1-9-30-16-21/h1-9,14,16-18,20H,10-13,15,19H2,(H,31,33)(H,34,38). The molecule has 0 bridgehead atoms. The van der Waals surface area contributed by atoms with Gasteiger partial charge in [0.25, 0.3) is 0 Å². The number of nitrogens with one attached hydrogen (secondary N) is 2. The summed E-state index contributed by atoms with van der Waals surface area (Å²) in [5, 5.41) is 2.93. The minimum Gasteiger partial charge on any atom is -0.353 e. The van der Waals surface area contributed by atoms with Crippen LogP contribution in [0.5, 0.6) is 0 Å². The van der Waals surface area contributed by atoms with Gasteiger partial charge >= 0.3 is 0 Å². The van der Waals surface area contributed by atoms with Crippen LogP contribution in [0.25, 0.3) is 22.2 Å². The molecule has 0 atom stereocenters. The molecular weight excluding hydrogens is 476 g/mol. The number of rotatable bonds is 7. The van der Waals surface area contributed by atoms with Gasteiger partial charge in [-0.2, -0.15) is 0 Å². The normalized spacial score (nSPS) is 14.1. The zero-order valence-electron chi connectivity index (χ0n) is 20.9. The first-order valence-corrected chi connectivity index (χ1v) is 12.7. The van der Waals surface area contributed by atoms with E-state index in [0.717, 1.165) is 72.1 Å². The largest absolute Gasteiger partial charge is 0.353 e. The number of H-pyrrole nitrogens is 1. The molecule has 1 amide bonds. The van der Waals surface area contributed by atoms with Gasteiger partial charge in [0.15, 0.2) is 0 Å². The van der Waals surface area contributed by atoms with E-state index < -0.39 is 0 Å². The molecule has 0 unspecified atom stereocenters. The van der Waals surface area contributed by atoms with Gasteiger partial charge in [-0.3, -0.25) is 19.7 Å². The summed E-state index contributed by atoms with van der Waals surface area (Å²) in [6.07, 6.45) is 9.10. The predicted octanol–water partition coefficient (Wildman–Crippen LogP) is 3.92. The third-order valence-corrected chi connectivity index (χ3v) is 6.76. The molecule has 0 spiro atoms. The summed E-state index contributed by atoms with van der Waals surface area (Å²) < 4.78 is 0. The van der Waals surface area contributed by atoms with Gasteiger partial charge < -0.3 is 15.2 Å². The fourth-order valence-electron chi connectivity index (χ4n) is 4.72. The molecule has 0 radical (unpaired) electrons. The molecule has 6 rings (SSSR count). The smallest absolute Gasteiger partial charge is 0.230 e. The molecule has 9 nitrogen and oxygen atoms in total. The van der Waals surface area contributed by atoms with Crippen LogP contribution in [-0.2, 0) is 17.8 Å². The van der Waals surface area contributed by atoms with Gasteiger partial charge in [-0.1, -0.05) is 24.3 Å². The van der Waals surface area contributed by atoms with E-state index in [1.807, 2.05) is 55.0 Å². The second kappa shape index (κ2) is 10.8. The number of imidazole rings is 1. The van der Waals surface area contributed by atoms with Crippen molar-refractivity contribution < 1.29 is 4.79 Å². The number of hydrogen-bond donors (Lipinski definition) is 2. The number of carbonyl (C=O) groups excluding carboxylic acids is 1. The van der Waals surface area contributed by atoms with Crippen LogP contribution in [0.1, 0.15) is 11.3 Å². The monoisotopic (exact) mass is 504 g/mol. The van der Waals surface area contributed by atoms with Gasteiger partial charge in [-0.25, -0.2) is 9.97 Å². The van der Waals surface area contributed by atoms with Crippen molar-refractivity contribution in [2.45, 2.75) is 13.0 Å².